The molecule has 1 heterocycles. The number of rotatable bonds is 4. The zero-order chi connectivity index (χ0) is 12.1. The van der Waals surface area contributed by atoms with Crippen molar-refractivity contribution >= 4 is 17.1 Å². The molecular formula is C14H21NOS. The molecule has 1 aromatic heterocycles. The maximum Gasteiger partial charge on any atom is 0.144 e. The fourth-order valence-corrected chi connectivity index (χ4v) is 3.44. The highest BCUT2D eigenvalue weighted by atomic mass is 32.1. The smallest absolute Gasteiger partial charge is 0.144 e. The van der Waals surface area contributed by atoms with Crippen LogP contribution >= 0.6 is 11.3 Å². The molecule has 0 amide bonds. The number of carbonyl (C=O) groups excluding carboxylic acids is 1. The molecule has 1 fully saturated rings. The summed E-state index contributed by atoms with van der Waals surface area (Å²) in [5.41, 5.74) is 6.85. The zero-order valence-electron chi connectivity index (χ0n) is 10.3. The van der Waals surface area contributed by atoms with Gasteiger partial charge in [-0.25, -0.2) is 0 Å². The Morgan fingerprint density at radius 3 is 2.53 bits per heavy atom. The molecule has 2 rings (SSSR count). The van der Waals surface area contributed by atoms with Crippen molar-refractivity contribution in [1.29, 1.82) is 0 Å². The number of nitrogens with two attached hydrogens (primary N) is 1. The predicted molar refractivity (Wildman–Crippen MR) is 72.2 cm³/mol. The van der Waals surface area contributed by atoms with Crippen LogP contribution in [0.2, 0.25) is 0 Å². The molecule has 0 aromatic carbocycles. The molecule has 17 heavy (non-hydrogen) atoms. The van der Waals surface area contributed by atoms with Gasteiger partial charge >= 0.3 is 0 Å². The number of ketones is 1. The Morgan fingerprint density at radius 1 is 1.29 bits per heavy atom. The maximum absolute atomic E-state index is 12.5. The third-order valence-electron chi connectivity index (χ3n) is 3.99. The van der Waals surface area contributed by atoms with E-state index in [1.54, 1.807) is 11.3 Å². The SMILES string of the molecule is NCC1(C(=O)Cc2ccsc2)CCCCCC1. The lowest BCUT2D eigenvalue weighted by atomic mass is 9.75. The average molecular weight is 251 g/mol. The first-order valence-electron chi connectivity index (χ1n) is 6.51. The van der Waals surface area contributed by atoms with Crippen LogP contribution in [0.5, 0.6) is 0 Å². The predicted octanol–water partition coefficient (Wildman–Crippen LogP) is 3.16. The third-order valence-corrected chi connectivity index (χ3v) is 4.72. The van der Waals surface area contributed by atoms with Crippen LogP contribution in [0.25, 0.3) is 0 Å². The summed E-state index contributed by atoms with van der Waals surface area (Å²) in [5.74, 6) is 0.361. The highest BCUT2D eigenvalue weighted by Gasteiger charge is 2.36. The van der Waals surface area contributed by atoms with Gasteiger partial charge in [-0.3, -0.25) is 4.79 Å². The van der Waals surface area contributed by atoms with Gasteiger partial charge in [0.05, 0.1) is 0 Å². The van der Waals surface area contributed by atoms with E-state index in [2.05, 4.69) is 5.38 Å². The molecular weight excluding hydrogens is 230 g/mol. The van der Waals surface area contributed by atoms with Gasteiger partial charge in [-0.1, -0.05) is 25.7 Å². The fourth-order valence-electron chi connectivity index (χ4n) is 2.77. The van der Waals surface area contributed by atoms with Crippen molar-refractivity contribution in [1.82, 2.24) is 0 Å². The van der Waals surface area contributed by atoms with Crippen LogP contribution in [0.15, 0.2) is 16.8 Å². The lowest BCUT2D eigenvalue weighted by Gasteiger charge is -2.29. The summed E-state index contributed by atoms with van der Waals surface area (Å²) in [6, 6.07) is 2.05. The summed E-state index contributed by atoms with van der Waals surface area (Å²) in [7, 11) is 0. The lowest BCUT2D eigenvalue weighted by Crippen LogP contribution is -2.39. The maximum atomic E-state index is 12.5. The minimum absolute atomic E-state index is 0.224. The summed E-state index contributed by atoms with van der Waals surface area (Å²) in [6.07, 6.45) is 7.39. The first-order valence-corrected chi connectivity index (χ1v) is 7.46. The van der Waals surface area contributed by atoms with Gasteiger partial charge < -0.3 is 5.73 Å². The molecule has 0 saturated heterocycles. The second kappa shape index (κ2) is 5.78. The Morgan fingerprint density at radius 2 is 2.00 bits per heavy atom. The van der Waals surface area contributed by atoms with E-state index >= 15 is 0 Å². The van der Waals surface area contributed by atoms with E-state index in [4.69, 9.17) is 5.73 Å². The van der Waals surface area contributed by atoms with E-state index in [0.29, 0.717) is 18.7 Å². The van der Waals surface area contributed by atoms with E-state index in [1.165, 1.54) is 12.8 Å². The highest BCUT2D eigenvalue weighted by molar-refractivity contribution is 7.08. The molecule has 1 aromatic rings. The standard InChI is InChI=1S/C14H21NOS/c15-11-14(6-3-1-2-4-7-14)13(16)9-12-5-8-17-10-12/h5,8,10H,1-4,6-7,9,11,15H2. The van der Waals surface area contributed by atoms with Gasteiger partial charge in [-0.15, -0.1) is 0 Å². The summed E-state index contributed by atoms with van der Waals surface area (Å²) in [5, 5.41) is 4.10. The Labute approximate surface area is 107 Å². The van der Waals surface area contributed by atoms with Crippen molar-refractivity contribution < 1.29 is 4.79 Å². The van der Waals surface area contributed by atoms with Crippen LogP contribution < -0.4 is 5.73 Å². The minimum atomic E-state index is -0.224. The van der Waals surface area contributed by atoms with Gasteiger partial charge in [-0.2, -0.15) is 11.3 Å². The molecule has 0 radical (unpaired) electrons. The van der Waals surface area contributed by atoms with Crippen molar-refractivity contribution in [2.45, 2.75) is 44.9 Å². The van der Waals surface area contributed by atoms with Crippen LogP contribution in [0.4, 0.5) is 0 Å². The Bertz CT molecular complexity index is 350. The lowest BCUT2D eigenvalue weighted by molar-refractivity contribution is -0.128. The summed E-state index contributed by atoms with van der Waals surface area (Å²) in [6.45, 7) is 0.524. The fraction of sp³-hybridized carbons (Fsp3) is 0.643. The number of carbonyl (C=O) groups is 1. The van der Waals surface area contributed by atoms with Crippen molar-refractivity contribution in [2.24, 2.45) is 11.1 Å². The van der Waals surface area contributed by atoms with Crippen LogP contribution in [0.3, 0.4) is 0 Å². The first kappa shape index (κ1) is 12.8. The zero-order valence-corrected chi connectivity index (χ0v) is 11.1. The van der Waals surface area contributed by atoms with Gasteiger partial charge in [0.2, 0.25) is 0 Å². The molecule has 0 spiro atoms. The van der Waals surface area contributed by atoms with Crippen LogP contribution in [-0.4, -0.2) is 12.3 Å². The van der Waals surface area contributed by atoms with Crippen molar-refractivity contribution in [2.75, 3.05) is 6.54 Å². The number of Topliss-reactive ketones (excluding diaryl/α,β-unsaturated/α-hetero) is 1. The quantitative estimate of drug-likeness (QED) is 0.835. The van der Waals surface area contributed by atoms with Gasteiger partial charge in [0.15, 0.2) is 0 Å². The van der Waals surface area contributed by atoms with Crippen LogP contribution in [-0.2, 0) is 11.2 Å². The number of hydrogen-bond acceptors (Lipinski definition) is 3. The van der Waals surface area contributed by atoms with Gasteiger partial charge in [-0.05, 0) is 35.2 Å². The Balaban J connectivity index is 2.07. The van der Waals surface area contributed by atoms with Crippen molar-refractivity contribution in [3.05, 3.63) is 22.4 Å². The topological polar surface area (TPSA) is 43.1 Å². The number of hydrogen-bond donors (Lipinski definition) is 1. The van der Waals surface area contributed by atoms with E-state index < -0.39 is 0 Å². The van der Waals surface area contributed by atoms with E-state index in [1.807, 2.05) is 11.4 Å². The van der Waals surface area contributed by atoms with Crippen molar-refractivity contribution in [3.8, 4) is 0 Å². The van der Waals surface area contributed by atoms with E-state index in [9.17, 15) is 4.79 Å². The molecule has 1 aliphatic carbocycles. The monoisotopic (exact) mass is 251 g/mol. The van der Waals surface area contributed by atoms with Gasteiger partial charge in [0.1, 0.15) is 5.78 Å². The molecule has 2 N–H and O–H groups in total. The molecule has 1 aliphatic rings. The second-order valence-electron chi connectivity index (χ2n) is 5.13. The highest BCUT2D eigenvalue weighted by Crippen LogP contribution is 2.36. The molecule has 0 unspecified atom stereocenters. The molecule has 1 saturated carbocycles. The molecule has 0 bridgehead atoms. The van der Waals surface area contributed by atoms with Crippen molar-refractivity contribution in [3.63, 3.8) is 0 Å². The van der Waals surface area contributed by atoms with Crippen LogP contribution in [0.1, 0.15) is 44.1 Å². The molecule has 0 atom stereocenters. The normalized spacial score (nSPS) is 19.8. The van der Waals surface area contributed by atoms with Gasteiger partial charge in [0, 0.05) is 18.4 Å². The summed E-state index contributed by atoms with van der Waals surface area (Å²) >= 11 is 1.66. The van der Waals surface area contributed by atoms with E-state index in [0.717, 1.165) is 31.2 Å². The third kappa shape index (κ3) is 2.96. The average Bonchev–Trinajstić information content (AvgIpc) is 2.72. The molecule has 3 heteroatoms. The molecule has 0 aliphatic heterocycles. The minimum Gasteiger partial charge on any atom is -0.329 e. The largest absolute Gasteiger partial charge is 0.329 e. The van der Waals surface area contributed by atoms with Gasteiger partial charge in [0.25, 0.3) is 0 Å². The summed E-state index contributed by atoms with van der Waals surface area (Å²) < 4.78 is 0. The van der Waals surface area contributed by atoms with E-state index in [-0.39, 0.29) is 5.41 Å². The number of thiophene rings is 1. The van der Waals surface area contributed by atoms with Crippen LogP contribution in [0, 0.1) is 5.41 Å². The first-order chi connectivity index (χ1) is 8.27. The second-order valence-corrected chi connectivity index (χ2v) is 5.91. The molecule has 2 nitrogen and oxygen atoms in total. The summed E-state index contributed by atoms with van der Waals surface area (Å²) in [4.78, 5) is 12.5. The Kier molecular flexibility index (Phi) is 4.35. The Hall–Kier alpha value is -0.670. The molecule has 94 valence electrons.